The smallest absolute Gasteiger partial charge is 0.254 e. The second-order valence-corrected chi connectivity index (χ2v) is 5.95. The minimum atomic E-state index is -2.11. The molecule has 0 rings (SSSR count). The van der Waals surface area contributed by atoms with Gasteiger partial charge < -0.3 is 0 Å². The van der Waals surface area contributed by atoms with Crippen LogP contribution in [0.4, 0.5) is 0 Å². The van der Waals surface area contributed by atoms with E-state index in [4.69, 9.17) is 0 Å². The molecule has 0 atom stereocenters. The molecule has 2 heteroatoms. The maximum atomic E-state index is 10.9. The van der Waals surface area contributed by atoms with Crippen LogP contribution in [0.25, 0.3) is 0 Å². The SMILES string of the molecule is CCC=C[Si](C)(C)[O]. The Balaban J connectivity index is 3.52. The summed E-state index contributed by atoms with van der Waals surface area (Å²) in [6.07, 6.45) is 2.94. The fraction of sp³-hybridized carbons (Fsp3) is 0.667. The molecule has 0 unspecified atom stereocenters. The van der Waals surface area contributed by atoms with E-state index in [1.54, 1.807) is 13.1 Å². The van der Waals surface area contributed by atoms with Gasteiger partial charge >= 0.3 is 0 Å². The highest BCUT2D eigenvalue weighted by molar-refractivity contribution is 6.74. The summed E-state index contributed by atoms with van der Waals surface area (Å²) in [6, 6.07) is 0. The topological polar surface area (TPSA) is 19.9 Å². The quantitative estimate of drug-likeness (QED) is 0.509. The molecular weight excluding hydrogens is 116 g/mol. The second kappa shape index (κ2) is 3.05. The molecule has 0 aromatic carbocycles. The van der Waals surface area contributed by atoms with Crippen molar-refractivity contribution < 1.29 is 4.80 Å². The van der Waals surface area contributed by atoms with Crippen molar-refractivity contribution in [1.82, 2.24) is 0 Å². The van der Waals surface area contributed by atoms with Crippen LogP contribution in [-0.2, 0) is 4.80 Å². The van der Waals surface area contributed by atoms with Crippen molar-refractivity contribution in [2.75, 3.05) is 0 Å². The van der Waals surface area contributed by atoms with Gasteiger partial charge in [-0.05, 0) is 19.5 Å². The Morgan fingerprint density at radius 3 is 2.12 bits per heavy atom. The van der Waals surface area contributed by atoms with Crippen LogP contribution in [0.1, 0.15) is 13.3 Å². The minimum Gasteiger partial charge on any atom is -0.293 e. The zero-order valence-corrected chi connectivity index (χ0v) is 6.77. The molecule has 1 radical (unpaired) electrons. The number of hydrogen-bond acceptors (Lipinski definition) is 0. The molecule has 0 aliphatic heterocycles. The Morgan fingerprint density at radius 2 is 2.00 bits per heavy atom. The first-order valence-electron chi connectivity index (χ1n) is 2.94. The van der Waals surface area contributed by atoms with Gasteiger partial charge in [-0.3, -0.25) is 4.80 Å². The Bertz CT molecular complexity index is 81.0. The molecule has 0 saturated carbocycles. The van der Waals surface area contributed by atoms with Gasteiger partial charge in [0.1, 0.15) is 0 Å². The summed E-state index contributed by atoms with van der Waals surface area (Å²) in [5, 5.41) is 0. The van der Waals surface area contributed by atoms with Crippen molar-refractivity contribution >= 4 is 8.32 Å². The first-order valence-corrected chi connectivity index (χ1v) is 5.93. The van der Waals surface area contributed by atoms with Crippen LogP contribution in [0.2, 0.25) is 13.1 Å². The lowest BCUT2D eigenvalue weighted by Crippen LogP contribution is -2.18. The monoisotopic (exact) mass is 129 g/mol. The molecule has 0 N–H and O–H groups in total. The van der Waals surface area contributed by atoms with Crippen LogP contribution in [0, 0.1) is 0 Å². The van der Waals surface area contributed by atoms with E-state index in [1.807, 2.05) is 18.7 Å². The summed E-state index contributed by atoms with van der Waals surface area (Å²) in [4.78, 5) is 10.9. The minimum absolute atomic E-state index is 0.985. The molecular formula is C6H13OSi. The first-order chi connectivity index (χ1) is 3.56. The Labute approximate surface area is 52.2 Å². The summed E-state index contributed by atoms with van der Waals surface area (Å²) >= 11 is 0. The largest absolute Gasteiger partial charge is 0.293 e. The fourth-order valence-corrected chi connectivity index (χ4v) is 1.20. The van der Waals surface area contributed by atoms with Crippen LogP contribution in [-0.4, -0.2) is 8.32 Å². The summed E-state index contributed by atoms with van der Waals surface area (Å²) in [5.41, 5.74) is 1.83. The van der Waals surface area contributed by atoms with E-state index in [0.29, 0.717) is 0 Å². The molecule has 0 aliphatic rings. The second-order valence-electron chi connectivity index (χ2n) is 2.41. The summed E-state index contributed by atoms with van der Waals surface area (Å²) in [7, 11) is -2.11. The van der Waals surface area contributed by atoms with Crippen molar-refractivity contribution in [2.45, 2.75) is 26.4 Å². The Morgan fingerprint density at radius 1 is 1.50 bits per heavy atom. The molecule has 0 bridgehead atoms. The zero-order valence-electron chi connectivity index (χ0n) is 5.77. The molecule has 0 spiro atoms. The average molecular weight is 129 g/mol. The van der Waals surface area contributed by atoms with Gasteiger partial charge in [-0.15, -0.1) is 0 Å². The van der Waals surface area contributed by atoms with Gasteiger partial charge in [-0.25, -0.2) is 0 Å². The highest BCUT2D eigenvalue weighted by Crippen LogP contribution is 1.98. The van der Waals surface area contributed by atoms with Gasteiger partial charge in [0.25, 0.3) is 8.32 Å². The molecule has 0 aliphatic carbocycles. The molecule has 0 amide bonds. The molecule has 0 saturated heterocycles. The molecule has 0 aromatic rings. The Hall–Kier alpha value is -0.0831. The maximum absolute atomic E-state index is 10.9. The third-order valence-electron chi connectivity index (χ3n) is 0.755. The predicted octanol–water partition coefficient (Wildman–Crippen LogP) is 2.13. The normalized spacial score (nSPS) is 13.0. The Kier molecular flexibility index (Phi) is 3.01. The lowest BCUT2D eigenvalue weighted by molar-refractivity contribution is 0.442. The summed E-state index contributed by atoms with van der Waals surface area (Å²) in [6.45, 7) is 5.62. The third-order valence-corrected chi connectivity index (χ3v) is 1.79. The maximum Gasteiger partial charge on any atom is 0.254 e. The summed E-state index contributed by atoms with van der Waals surface area (Å²) < 4.78 is 0. The molecule has 8 heavy (non-hydrogen) atoms. The third kappa shape index (κ3) is 5.92. The van der Waals surface area contributed by atoms with E-state index in [2.05, 4.69) is 0 Å². The van der Waals surface area contributed by atoms with Gasteiger partial charge in [0.15, 0.2) is 0 Å². The predicted molar refractivity (Wildman–Crippen MR) is 37.6 cm³/mol. The van der Waals surface area contributed by atoms with Gasteiger partial charge in [0, 0.05) is 0 Å². The number of rotatable bonds is 2. The molecule has 47 valence electrons. The molecule has 0 aromatic heterocycles. The van der Waals surface area contributed by atoms with Crippen LogP contribution < -0.4 is 0 Å². The van der Waals surface area contributed by atoms with E-state index in [-0.39, 0.29) is 0 Å². The van der Waals surface area contributed by atoms with Gasteiger partial charge in [0.05, 0.1) is 0 Å². The number of allylic oxidation sites excluding steroid dienone is 1. The molecule has 1 nitrogen and oxygen atoms in total. The zero-order chi connectivity index (χ0) is 6.62. The van der Waals surface area contributed by atoms with Crippen LogP contribution in [0.3, 0.4) is 0 Å². The highest BCUT2D eigenvalue weighted by Gasteiger charge is 2.13. The lowest BCUT2D eigenvalue weighted by atomic mass is 10.5. The van der Waals surface area contributed by atoms with Crippen molar-refractivity contribution in [1.29, 1.82) is 0 Å². The average Bonchev–Trinajstić information content (AvgIpc) is 1.59. The highest BCUT2D eigenvalue weighted by atomic mass is 28.4. The van der Waals surface area contributed by atoms with Crippen LogP contribution >= 0.6 is 0 Å². The van der Waals surface area contributed by atoms with E-state index in [9.17, 15) is 4.80 Å². The van der Waals surface area contributed by atoms with Crippen molar-refractivity contribution in [3.8, 4) is 0 Å². The molecule has 0 fully saturated rings. The first kappa shape index (κ1) is 7.92. The lowest BCUT2D eigenvalue weighted by Gasteiger charge is -2.00. The van der Waals surface area contributed by atoms with Gasteiger partial charge in [-0.2, -0.15) is 0 Å². The van der Waals surface area contributed by atoms with E-state index in [1.165, 1.54) is 0 Å². The van der Waals surface area contributed by atoms with E-state index in [0.717, 1.165) is 6.42 Å². The fourth-order valence-electron chi connectivity index (χ4n) is 0.402. The van der Waals surface area contributed by atoms with Gasteiger partial charge in [-0.1, -0.05) is 18.7 Å². The van der Waals surface area contributed by atoms with Gasteiger partial charge in [0.2, 0.25) is 0 Å². The van der Waals surface area contributed by atoms with E-state index >= 15 is 0 Å². The van der Waals surface area contributed by atoms with Crippen molar-refractivity contribution in [2.24, 2.45) is 0 Å². The van der Waals surface area contributed by atoms with Crippen molar-refractivity contribution in [3.05, 3.63) is 11.8 Å². The van der Waals surface area contributed by atoms with Crippen molar-refractivity contribution in [3.63, 3.8) is 0 Å². The standard InChI is InChI=1S/C6H13OSi/c1-4-5-6-8(2,3)7/h5-6H,4H2,1-3H3. The van der Waals surface area contributed by atoms with Crippen LogP contribution in [0.15, 0.2) is 11.8 Å². The van der Waals surface area contributed by atoms with Crippen LogP contribution in [0.5, 0.6) is 0 Å². The molecule has 0 heterocycles. The summed E-state index contributed by atoms with van der Waals surface area (Å²) in [5.74, 6) is 0. The number of hydrogen-bond donors (Lipinski definition) is 0. The van der Waals surface area contributed by atoms with E-state index < -0.39 is 8.32 Å².